The molecule has 0 fully saturated rings. The van der Waals surface area contributed by atoms with E-state index in [4.69, 9.17) is 4.74 Å². The predicted octanol–water partition coefficient (Wildman–Crippen LogP) is 3.06. The Labute approximate surface area is 106 Å². The van der Waals surface area contributed by atoms with Crippen molar-refractivity contribution in [2.45, 2.75) is 32.8 Å². The van der Waals surface area contributed by atoms with Crippen molar-refractivity contribution < 1.29 is 9.53 Å². The molecule has 1 heterocycles. The third-order valence-electron chi connectivity index (χ3n) is 2.22. The molecule has 92 valence electrons. The average molecular weight is 251 g/mol. The number of hydrogen-bond donors (Lipinski definition) is 0. The Bertz CT molecular complexity index is 423. The van der Waals surface area contributed by atoms with Crippen LogP contribution in [0.15, 0.2) is 30.2 Å². The Morgan fingerprint density at radius 1 is 1.71 bits per heavy atom. The number of ether oxygens (including phenoxy) is 1. The quantitative estimate of drug-likeness (QED) is 0.576. The first-order valence-electron chi connectivity index (χ1n) is 5.39. The molecule has 1 rings (SSSR count). The molecule has 0 radical (unpaired) electrons. The lowest BCUT2D eigenvalue weighted by atomic mass is 10.0. The van der Waals surface area contributed by atoms with Crippen molar-refractivity contribution in [1.82, 2.24) is 4.98 Å². The zero-order valence-electron chi connectivity index (χ0n) is 10.2. The van der Waals surface area contributed by atoms with E-state index in [1.807, 2.05) is 12.3 Å². The van der Waals surface area contributed by atoms with Crippen molar-refractivity contribution in [2.75, 3.05) is 0 Å². The predicted molar refractivity (Wildman–Crippen MR) is 70.1 cm³/mol. The maximum atomic E-state index is 11.0. The zero-order chi connectivity index (χ0) is 12.8. The fourth-order valence-electron chi connectivity index (χ4n) is 1.49. The SMILES string of the molecule is C=CC[C@H](OC(C)=O)C(=C)Cc1csc(C)n1. The number of carbonyl (C=O) groups is 1. The summed E-state index contributed by atoms with van der Waals surface area (Å²) in [5.74, 6) is -0.299. The van der Waals surface area contributed by atoms with Crippen molar-refractivity contribution in [3.8, 4) is 0 Å². The molecule has 0 saturated heterocycles. The second-order valence-electron chi connectivity index (χ2n) is 3.82. The molecule has 4 heteroatoms. The summed E-state index contributed by atoms with van der Waals surface area (Å²) < 4.78 is 5.20. The van der Waals surface area contributed by atoms with Gasteiger partial charge in [-0.3, -0.25) is 4.79 Å². The van der Waals surface area contributed by atoms with Gasteiger partial charge < -0.3 is 4.74 Å². The number of aromatic nitrogens is 1. The highest BCUT2D eigenvalue weighted by molar-refractivity contribution is 7.09. The molecular weight excluding hydrogens is 234 g/mol. The summed E-state index contributed by atoms with van der Waals surface area (Å²) in [5, 5.41) is 3.03. The third kappa shape index (κ3) is 4.53. The van der Waals surface area contributed by atoms with E-state index in [1.54, 1.807) is 17.4 Å². The summed E-state index contributed by atoms with van der Waals surface area (Å²) in [7, 11) is 0. The average Bonchev–Trinajstić information content (AvgIpc) is 2.62. The van der Waals surface area contributed by atoms with Gasteiger partial charge in [-0.25, -0.2) is 4.98 Å². The second kappa shape index (κ2) is 6.35. The van der Waals surface area contributed by atoms with Gasteiger partial charge in [0, 0.05) is 25.1 Å². The lowest BCUT2D eigenvalue weighted by Crippen LogP contribution is -2.19. The molecule has 0 spiro atoms. The van der Waals surface area contributed by atoms with Crippen molar-refractivity contribution in [1.29, 1.82) is 0 Å². The summed E-state index contributed by atoms with van der Waals surface area (Å²) in [6.45, 7) is 11.0. The van der Waals surface area contributed by atoms with Gasteiger partial charge in [-0.05, 0) is 12.5 Å². The standard InChI is InChI=1S/C13H17NO2S/c1-5-6-13(16-11(4)15)9(2)7-12-8-17-10(3)14-12/h5,8,13H,1-2,6-7H2,3-4H3/t13-/m0/s1. The lowest BCUT2D eigenvalue weighted by Gasteiger charge is -2.17. The Balaban J connectivity index is 2.64. The highest BCUT2D eigenvalue weighted by Gasteiger charge is 2.15. The van der Waals surface area contributed by atoms with Crippen molar-refractivity contribution >= 4 is 17.3 Å². The monoisotopic (exact) mass is 251 g/mol. The van der Waals surface area contributed by atoms with Crippen LogP contribution in [-0.4, -0.2) is 17.1 Å². The molecule has 1 aromatic rings. The lowest BCUT2D eigenvalue weighted by molar-refractivity contribution is -0.144. The Morgan fingerprint density at radius 2 is 2.41 bits per heavy atom. The Kier molecular flexibility index (Phi) is 5.10. The fraction of sp³-hybridized carbons (Fsp3) is 0.385. The molecule has 0 aliphatic carbocycles. The van der Waals surface area contributed by atoms with Crippen LogP contribution in [0.25, 0.3) is 0 Å². The number of carbonyl (C=O) groups excluding carboxylic acids is 1. The largest absolute Gasteiger partial charge is 0.458 e. The first-order valence-corrected chi connectivity index (χ1v) is 6.27. The molecule has 17 heavy (non-hydrogen) atoms. The summed E-state index contributed by atoms with van der Waals surface area (Å²) in [6.07, 6.45) is 2.65. The zero-order valence-corrected chi connectivity index (χ0v) is 11.0. The molecule has 3 nitrogen and oxygen atoms in total. The van der Waals surface area contributed by atoms with E-state index >= 15 is 0 Å². The molecule has 0 aromatic carbocycles. The van der Waals surface area contributed by atoms with Crippen LogP contribution in [0.2, 0.25) is 0 Å². The van der Waals surface area contributed by atoms with Crippen LogP contribution in [0.1, 0.15) is 24.0 Å². The van der Waals surface area contributed by atoms with Crippen LogP contribution < -0.4 is 0 Å². The van der Waals surface area contributed by atoms with E-state index in [0.717, 1.165) is 16.3 Å². The minimum Gasteiger partial charge on any atom is -0.458 e. The molecular formula is C13H17NO2S. The van der Waals surface area contributed by atoms with E-state index in [0.29, 0.717) is 12.8 Å². The summed E-state index contributed by atoms with van der Waals surface area (Å²) in [4.78, 5) is 15.3. The van der Waals surface area contributed by atoms with Gasteiger partial charge in [0.2, 0.25) is 0 Å². The molecule has 1 atom stereocenters. The number of hydrogen-bond acceptors (Lipinski definition) is 4. The normalized spacial score (nSPS) is 11.9. The van der Waals surface area contributed by atoms with Gasteiger partial charge in [-0.1, -0.05) is 12.7 Å². The molecule has 0 aliphatic rings. The van der Waals surface area contributed by atoms with Crippen molar-refractivity contribution in [2.24, 2.45) is 0 Å². The first kappa shape index (κ1) is 13.6. The van der Waals surface area contributed by atoms with Crippen LogP contribution in [0.5, 0.6) is 0 Å². The highest BCUT2D eigenvalue weighted by atomic mass is 32.1. The van der Waals surface area contributed by atoms with Gasteiger partial charge in [0.1, 0.15) is 6.10 Å². The molecule has 0 saturated carbocycles. The van der Waals surface area contributed by atoms with E-state index in [2.05, 4.69) is 18.1 Å². The van der Waals surface area contributed by atoms with Gasteiger partial charge in [-0.15, -0.1) is 17.9 Å². The van der Waals surface area contributed by atoms with Crippen LogP contribution in [0.4, 0.5) is 0 Å². The molecule has 1 aromatic heterocycles. The van der Waals surface area contributed by atoms with E-state index in [1.165, 1.54) is 6.92 Å². The van der Waals surface area contributed by atoms with Crippen LogP contribution >= 0.6 is 11.3 Å². The number of rotatable bonds is 6. The molecule has 0 unspecified atom stereocenters. The number of thiazole rings is 1. The number of nitrogens with zero attached hydrogens (tertiary/aromatic N) is 1. The van der Waals surface area contributed by atoms with E-state index in [9.17, 15) is 4.79 Å². The smallest absolute Gasteiger partial charge is 0.303 e. The van der Waals surface area contributed by atoms with Gasteiger partial charge in [0.25, 0.3) is 0 Å². The summed E-state index contributed by atoms with van der Waals surface area (Å²) in [5.41, 5.74) is 1.82. The van der Waals surface area contributed by atoms with Crippen molar-refractivity contribution in [3.63, 3.8) is 0 Å². The van der Waals surface area contributed by atoms with Crippen LogP contribution in [0, 0.1) is 6.92 Å². The fourth-order valence-corrected chi connectivity index (χ4v) is 2.10. The molecule has 0 bridgehead atoms. The van der Waals surface area contributed by atoms with E-state index < -0.39 is 0 Å². The maximum Gasteiger partial charge on any atom is 0.303 e. The highest BCUT2D eigenvalue weighted by Crippen LogP contribution is 2.17. The Hall–Kier alpha value is -1.42. The maximum absolute atomic E-state index is 11.0. The number of esters is 1. The molecule has 0 amide bonds. The summed E-state index contributed by atoms with van der Waals surface area (Å²) in [6, 6.07) is 0. The number of aryl methyl sites for hydroxylation is 1. The molecule has 0 aliphatic heterocycles. The molecule has 0 N–H and O–H groups in total. The van der Waals surface area contributed by atoms with Crippen LogP contribution in [-0.2, 0) is 16.0 Å². The van der Waals surface area contributed by atoms with Gasteiger partial charge >= 0.3 is 5.97 Å². The van der Waals surface area contributed by atoms with Crippen LogP contribution in [0.3, 0.4) is 0 Å². The topological polar surface area (TPSA) is 39.2 Å². The van der Waals surface area contributed by atoms with Gasteiger partial charge in [0.15, 0.2) is 0 Å². The van der Waals surface area contributed by atoms with E-state index in [-0.39, 0.29) is 12.1 Å². The first-order chi connectivity index (χ1) is 8.02. The third-order valence-corrected chi connectivity index (χ3v) is 3.04. The minimum atomic E-state index is -0.299. The summed E-state index contributed by atoms with van der Waals surface area (Å²) >= 11 is 1.61. The van der Waals surface area contributed by atoms with Gasteiger partial charge in [-0.2, -0.15) is 0 Å². The Morgan fingerprint density at radius 3 is 2.88 bits per heavy atom. The van der Waals surface area contributed by atoms with Crippen molar-refractivity contribution in [3.05, 3.63) is 40.9 Å². The second-order valence-corrected chi connectivity index (χ2v) is 4.88. The minimum absolute atomic E-state index is 0.299. The van der Waals surface area contributed by atoms with Gasteiger partial charge in [0.05, 0.1) is 10.7 Å².